The Morgan fingerprint density at radius 3 is 2.25 bits per heavy atom. The largest absolute Gasteiger partial charge is 0.493 e. The second-order valence-corrected chi connectivity index (χ2v) is 11.1. The van der Waals surface area contributed by atoms with E-state index in [1.165, 1.54) is 0 Å². The van der Waals surface area contributed by atoms with Gasteiger partial charge in [-0.05, 0) is 73.6 Å². The van der Waals surface area contributed by atoms with Crippen LogP contribution in [0.15, 0.2) is 54.6 Å². The molecule has 0 bridgehead atoms. The lowest BCUT2D eigenvalue weighted by Gasteiger charge is -2.39. The van der Waals surface area contributed by atoms with Gasteiger partial charge < -0.3 is 28.4 Å². The summed E-state index contributed by atoms with van der Waals surface area (Å²) in [5, 5.41) is 4.30. The van der Waals surface area contributed by atoms with E-state index < -0.39 is 5.54 Å². The molecule has 1 aliphatic heterocycles. The summed E-state index contributed by atoms with van der Waals surface area (Å²) < 4.78 is 35.2. The summed E-state index contributed by atoms with van der Waals surface area (Å²) in [6.45, 7) is 0.470. The summed E-state index contributed by atoms with van der Waals surface area (Å²) in [6, 6.07) is 17.1. The molecule has 1 unspecified atom stereocenters. The highest BCUT2D eigenvalue weighted by molar-refractivity contribution is 5.94. The predicted octanol–water partition coefficient (Wildman–Crippen LogP) is 5.22. The molecule has 6 rings (SSSR count). The maximum absolute atomic E-state index is 14.6. The number of rotatable bonds is 11. The molecule has 0 fully saturated rings. The summed E-state index contributed by atoms with van der Waals surface area (Å²) in [5.41, 5.74) is 3.38. The smallest absolute Gasteiger partial charge is 0.198 e. The molecular weight excluding hydrogens is 560 g/mol. The van der Waals surface area contributed by atoms with E-state index in [1.54, 1.807) is 28.4 Å². The van der Waals surface area contributed by atoms with Gasteiger partial charge in [0.05, 0.1) is 34.0 Å². The maximum Gasteiger partial charge on any atom is 0.198 e. The zero-order valence-electron chi connectivity index (χ0n) is 25.7. The van der Waals surface area contributed by atoms with Crippen LogP contribution in [0.4, 0.5) is 0 Å². The Morgan fingerprint density at radius 2 is 1.50 bits per heavy atom. The average Bonchev–Trinajstić information content (AvgIpc) is 3.08. The second kappa shape index (κ2) is 12.6. The fraction of sp³-hybridized carbons (Fsp3) is 0.371. The van der Waals surface area contributed by atoms with Crippen molar-refractivity contribution >= 4 is 16.7 Å². The van der Waals surface area contributed by atoms with Crippen LogP contribution in [-0.2, 0) is 29.6 Å². The number of carbonyl (C=O) groups excluding carboxylic acids is 1. The van der Waals surface area contributed by atoms with Gasteiger partial charge in [0.1, 0.15) is 30.3 Å². The van der Waals surface area contributed by atoms with Crippen LogP contribution in [0.3, 0.4) is 0 Å². The number of methoxy groups -OCH3 is 4. The van der Waals surface area contributed by atoms with Crippen LogP contribution in [0.5, 0.6) is 34.5 Å². The number of ketones is 1. The van der Waals surface area contributed by atoms with Gasteiger partial charge in [0, 0.05) is 29.3 Å². The first-order valence-electron chi connectivity index (χ1n) is 14.9. The number of aryl methyl sites for hydroxylation is 1. The van der Waals surface area contributed by atoms with Gasteiger partial charge in [-0.1, -0.05) is 18.2 Å². The number of ether oxygens (including phenoxy) is 6. The van der Waals surface area contributed by atoms with Crippen LogP contribution >= 0.6 is 0 Å². The quantitative estimate of drug-likeness (QED) is 0.249. The van der Waals surface area contributed by atoms with Gasteiger partial charge >= 0.3 is 0 Å². The first-order valence-corrected chi connectivity index (χ1v) is 14.9. The Balaban J connectivity index is 1.41. The Hall–Kier alpha value is -4.50. The van der Waals surface area contributed by atoms with Gasteiger partial charge in [0.15, 0.2) is 28.8 Å². The van der Waals surface area contributed by atoms with E-state index in [2.05, 4.69) is 5.32 Å². The molecule has 1 aromatic heterocycles. The fourth-order valence-corrected chi connectivity index (χ4v) is 6.33. The van der Waals surface area contributed by atoms with Gasteiger partial charge in [0.2, 0.25) is 0 Å². The van der Waals surface area contributed by atoms with Crippen LogP contribution in [-0.4, -0.2) is 59.0 Å². The number of benzene rings is 3. The summed E-state index contributed by atoms with van der Waals surface area (Å²) in [7, 11) is 6.41. The Bertz CT molecular complexity index is 1670. The van der Waals surface area contributed by atoms with E-state index in [0.717, 1.165) is 65.4 Å². The number of aromatic nitrogens is 1. The fourth-order valence-electron chi connectivity index (χ4n) is 6.33. The number of nitrogens with one attached hydrogen (secondary N) is 1. The molecule has 0 spiro atoms. The van der Waals surface area contributed by atoms with Gasteiger partial charge in [-0.25, -0.2) is 0 Å². The molecule has 0 radical (unpaired) electrons. The molecule has 2 aliphatic rings. The summed E-state index contributed by atoms with van der Waals surface area (Å²) in [4.78, 5) is 19.5. The van der Waals surface area contributed by atoms with Crippen LogP contribution in [0.2, 0.25) is 0 Å². The van der Waals surface area contributed by atoms with Crippen molar-refractivity contribution in [1.29, 1.82) is 0 Å². The number of fused-ring (bicyclic) bond motifs is 3. The third-order valence-corrected chi connectivity index (χ3v) is 8.63. The molecule has 0 saturated heterocycles. The van der Waals surface area contributed by atoms with Crippen LogP contribution < -0.4 is 33.7 Å². The topological polar surface area (TPSA) is 97.4 Å². The molecule has 3 aromatic carbocycles. The van der Waals surface area contributed by atoms with Crippen molar-refractivity contribution < 1.29 is 33.2 Å². The zero-order chi connectivity index (χ0) is 30.7. The molecule has 44 heavy (non-hydrogen) atoms. The minimum absolute atomic E-state index is 0.0713. The molecule has 0 saturated carbocycles. The van der Waals surface area contributed by atoms with Crippen molar-refractivity contribution in [3.05, 3.63) is 77.0 Å². The standard InChI is InChI=1S/C35H38N2O7/c1-39-29-16-22-14-15-36-35(26(22)18-31(29)41-3,21-44-23-10-6-5-7-11-23)33(38)20-43-34-24-12-8-9-13-27(24)37-28-19-32(42-4)30(40-2)17-25(28)34/h5-7,10-11,16-19,36H,8-9,12-15,20-21H2,1-4H3. The van der Waals surface area contributed by atoms with Gasteiger partial charge in [-0.2, -0.15) is 0 Å². The lowest BCUT2D eigenvalue weighted by Crippen LogP contribution is -2.58. The Morgan fingerprint density at radius 1 is 0.818 bits per heavy atom. The predicted molar refractivity (Wildman–Crippen MR) is 167 cm³/mol. The van der Waals surface area contributed by atoms with E-state index in [1.807, 2.05) is 54.6 Å². The Labute approximate surface area is 257 Å². The molecule has 1 aliphatic carbocycles. The van der Waals surface area contributed by atoms with E-state index in [4.69, 9.17) is 33.4 Å². The molecule has 9 nitrogen and oxygen atoms in total. The highest BCUT2D eigenvalue weighted by Gasteiger charge is 2.45. The van der Waals surface area contributed by atoms with Gasteiger partial charge in [-0.3, -0.25) is 15.1 Å². The van der Waals surface area contributed by atoms with Gasteiger partial charge in [0.25, 0.3) is 0 Å². The summed E-state index contributed by atoms with van der Waals surface area (Å²) in [6.07, 6.45) is 4.50. The van der Waals surface area contributed by atoms with Crippen molar-refractivity contribution in [2.45, 2.75) is 37.6 Å². The number of pyridine rings is 1. The molecule has 1 atom stereocenters. The number of nitrogens with zero attached hydrogens (tertiary/aromatic N) is 1. The average molecular weight is 599 g/mol. The SMILES string of the molecule is COc1cc2c(cc1OC)C(COc1ccccc1)(C(=O)COc1c3c(nc4cc(OC)c(OC)cc14)CCCC3)NCC2. The molecule has 1 N–H and O–H groups in total. The summed E-state index contributed by atoms with van der Waals surface area (Å²) >= 11 is 0. The van der Waals surface area contributed by atoms with E-state index in [9.17, 15) is 4.79 Å². The van der Waals surface area contributed by atoms with Crippen molar-refractivity contribution in [2.75, 3.05) is 48.2 Å². The molecule has 0 amide bonds. The third-order valence-electron chi connectivity index (χ3n) is 8.63. The lowest BCUT2D eigenvalue weighted by atomic mass is 9.79. The molecule has 9 heteroatoms. The maximum atomic E-state index is 14.6. The first kappa shape index (κ1) is 29.6. The molecule has 230 valence electrons. The summed E-state index contributed by atoms with van der Waals surface area (Å²) in [5.74, 6) is 3.51. The minimum atomic E-state index is -1.19. The molecule has 4 aromatic rings. The van der Waals surface area contributed by atoms with E-state index >= 15 is 0 Å². The van der Waals surface area contributed by atoms with Crippen molar-refractivity contribution in [3.8, 4) is 34.5 Å². The molecular formula is C35H38N2O7. The lowest BCUT2D eigenvalue weighted by molar-refractivity contribution is -0.129. The van der Waals surface area contributed by atoms with E-state index in [-0.39, 0.29) is 19.0 Å². The number of hydrogen-bond donors (Lipinski definition) is 1. The normalized spacial score (nSPS) is 17.3. The molecule has 2 heterocycles. The highest BCUT2D eigenvalue weighted by atomic mass is 16.5. The van der Waals surface area contributed by atoms with Crippen LogP contribution in [0.25, 0.3) is 10.9 Å². The second-order valence-electron chi connectivity index (χ2n) is 11.1. The van der Waals surface area contributed by atoms with Crippen molar-refractivity contribution in [1.82, 2.24) is 10.3 Å². The number of Topliss-reactive ketones (excluding diaryl/α,β-unsaturated/α-hetero) is 1. The zero-order valence-corrected chi connectivity index (χ0v) is 25.7. The highest BCUT2D eigenvalue weighted by Crippen LogP contribution is 2.42. The van der Waals surface area contributed by atoms with Crippen LogP contribution in [0.1, 0.15) is 35.2 Å². The third kappa shape index (κ3) is 5.36. The first-order chi connectivity index (χ1) is 21.5. The number of carbonyl (C=O) groups is 1. The van der Waals surface area contributed by atoms with Crippen LogP contribution in [0, 0.1) is 0 Å². The minimum Gasteiger partial charge on any atom is -0.493 e. The van der Waals surface area contributed by atoms with Crippen molar-refractivity contribution in [3.63, 3.8) is 0 Å². The monoisotopic (exact) mass is 598 g/mol. The number of para-hydroxylation sites is 1. The Kier molecular flexibility index (Phi) is 8.48. The number of hydrogen-bond acceptors (Lipinski definition) is 9. The van der Waals surface area contributed by atoms with Gasteiger partial charge in [-0.15, -0.1) is 0 Å². The van der Waals surface area contributed by atoms with Crippen molar-refractivity contribution in [2.24, 2.45) is 0 Å². The van der Waals surface area contributed by atoms with E-state index in [0.29, 0.717) is 41.0 Å².